The van der Waals surface area contributed by atoms with Crippen molar-refractivity contribution < 1.29 is 26.8 Å². The number of sulfonamides is 1. The van der Waals surface area contributed by atoms with Crippen LogP contribution in [-0.2, 0) is 26.8 Å². The molecule has 1 atom stereocenters. The van der Waals surface area contributed by atoms with Crippen LogP contribution >= 0.6 is 11.6 Å². The molecule has 0 bridgehead atoms. The molecule has 6 rings (SSSR count). The van der Waals surface area contributed by atoms with Crippen molar-refractivity contribution in [2.45, 2.75) is 55.5 Å². The molecule has 2 aliphatic heterocycles. The monoisotopic (exact) mass is 613 g/mol. The minimum absolute atomic E-state index is 0.00304. The molecule has 220 valence electrons. The molecule has 7 nitrogen and oxygen atoms in total. The van der Waals surface area contributed by atoms with E-state index in [4.69, 9.17) is 11.6 Å². The number of amides is 2. The maximum Gasteiger partial charge on any atom is 0.264 e. The van der Waals surface area contributed by atoms with Crippen LogP contribution < -0.4 is 9.62 Å². The highest BCUT2D eigenvalue weighted by atomic mass is 35.5. The molecule has 1 spiro atoms. The normalized spacial score (nSPS) is 19.6. The molecule has 1 saturated heterocycles. The Kier molecular flexibility index (Phi) is 7.25. The maximum absolute atomic E-state index is 14.2. The number of fused-ring (bicyclic) bond motifs is 2. The van der Waals surface area contributed by atoms with Crippen LogP contribution in [0.15, 0.2) is 65.6 Å². The van der Waals surface area contributed by atoms with E-state index in [-0.39, 0.29) is 34.2 Å². The molecule has 3 aromatic rings. The smallest absolute Gasteiger partial charge is 0.264 e. The molecule has 2 fully saturated rings. The Labute approximate surface area is 248 Å². The number of carbonyl (C=O) groups excluding carboxylic acids is 2. The first-order chi connectivity index (χ1) is 20.0. The van der Waals surface area contributed by atoms with Gasteiger partial charge in [-0.05, 0) is 97.3 Å². The molecule has 0 aromatic heterocycles. The molecular formula is C31H30ClF2N3O4S. The van der Waals surface area contributed by atoms with Crippen LogP contribution in [0, 0.1) is 17.6 Å². The number of rotatable bonds is 6. The van der Waals surface area contributed by atoms with Crippen molar-refractivity contribution in [1.82, 2.24) is 10.2 Å². The van der Waals surface area contributed by atoms with E-state index < -0.39 is 33.1 Å². The molecular weight excluding hydrogens is 584 g/mol. The Morgan fingerprint density at radius 2 is 1.64 bits per heavy atom. The Morgan fingerprint density at radius 3 is 2.26 bits per heavy atom. The van der Waals surface area contributed by atoms with Gasteiger partial charge in [-0.2, -0.15) is 0 Å². The van der Waals surface area contributed by atoms with E-state index in [2.05, 4.69) is 5.32 Å². The molecule has 1 unspecified atom stereocenters. The lowest BCUT2D eigenvalue weighted by molar-refractivity contribution is -0.130. The average Bonchev–Trinajstić information content (AvgIpc) is 3.76. The highest BCUT2D eigenvalue weighted by molar-refractivity contribution is 7.92. The first-order valence-electron chi connectivity index (χ1n) is 13.9. The highest BCUT2D eigenvalue weighted by Gasteiger charge is 2.60. The van der Waals surface area contributed by atoms with Crippen LogP contribution in [-0.4, -0.2) is 44.3 Å². The summed E-state index contributed by atoms with van der Waals surface area (Å²) in [5.74, 6) is -1.29. The van der Waals surface area contributed by atoms with Crippen molar-refractivity contribution in [3.8, 4) is 0 Å². The number of likely N-dealkylation sites (tertiary alicyclic amines) is 1. The van der Waals surface area contributed by atoms with Gasteiger partial charge in [-0.15, -0.1) is 0 Å². The van der Waals surface area contributed by atoms with Gasteiger partial charge in [-0.1, -0.05) is 17.7 Å². The summed E-state index contributed by atoms with van der Waals surface area (Å²) in [5.41, 5.74) is 1.58. The van der Waals surface area contributed by atoms with E-state index in [9.17, 15) is 26.8 Å². The van der Waals surface area contributed by atoms with Crippen LogP contribution in [0.1, 0.15) is 54.1 Å². The third-order valence-electron chi connectivity index (χ3n) is 8.85. The number of hydrogen-bond acceptors (Lipinski definition) is 4. The molecule has 0 radical (unpaired) electrons. The molecule has 2 amide bonds. The highest BCUT2D eigenvalue weighted by Crippen LogP contribution is 2.59. The Bertz CT molecular complexity index is 1670. The first kappa shape index (κ1) is 28.6. The van der Waals surface area contributed by atoms with Gasteiger partial charge in [0, 0.05) is 42.6 Å². The van der Waals surface area contributed by atoms with Gasteiger partial charge >= 0.3 is 0 Å². The second-order valence-corrected chi connectivity index (χ2v) is 13.6. The zero-order valence-electron chi connectivity index (χ0n) is 22.9. The largest absolute Gasteiger partial charge is 0.348 e. The fourth-order valence-corrected chi connectivity index (χ4v) is 8.62. The molecule has 3 aliphatic rings. The summed E-state index contributed by atoms with van der Waals surface area (Å²) < 4.78 is 57.1. The molecule has 3 aromatic carbocycles. The second kappa shape index (κ2) is 10.6. The van der Waals surface area contributed by atoms with E-state index in [1.165, 1.54) is 41.6 Å². The number of hydrogen-bond donors (Lipinski definition) is 1. The average molecular weight is 614 g/mol. The number of carbonyl (C=O) groups is 2. The number of halogens is 3. The first-order valence-corrected chi connectivity index (χ1v) is 15.8. The zero-order chi connectivity index (χ0) is 29.8. The third kappa shape index (κ3) is 4.94. The summed E-state index contributed by atoms with van der Waals surface area (Å²) in [5, 5.41) is 3.04. The lowest BCUT2D eigenvalue weighted by Gasteiger charge is -2.45. The summed E-state index contributed by atoms with van der Waals surface area (Å²) >= 11 is 6.13. The van der Waals surface area contributed by atoms with Gasteiger partial charge in [0.2, 0.25) is 5.91 Å². The van der Waals surface area contributed by atoms with E-state index >= 15 is 0 Å². The number of nitrogens with zero attached hydrogens (tertiary/aromatic N) is 2. The maximum atomic E-state index is 14.2. The summed E-state index contributed by atoms with van der Waals surface area (Å²) in [4.78, 5) is 27.3. The predicted molar refractivity (Wildman–Crippen MR) is 155 cm³/mol. The summed E-state index contributed by atoms with van der Waals surface area (Å²) in [7, 11) is -4.08. The Morgan fingerprint density at radius 1 is 0.976 bits per heavy atom. The van der Waals surface area contributed by atoms with Gasteiger partial charge in [0.15, 0.2) is 0 Å². The third-order valence-corrected chi connectivity index (χ3v) is 11.0. The van der Waals surface area contributed by atoms with Gasteiger partial charge in [-0.25, -0.2) is 17.2 Å². The zero-order valence-corrected chi connectivity index (χ0v) is 24.5. The number of nitrogens with one attached hydrogen (secondary N) is 1. The summed E-state index contributed by atoms with van der Waals surface area (Å²) in [6.45, 7) is 2.56. The molecule has 1 aliphatic carbocycles. The van der Waals surface area contributed by atoms with Crippen molar-refractivity contribution in [2.75, 3.05) is 17.4 Å². The van der Waals surface area contributed by atoms with E-state index in [1.54, 1.807) is 23.1 Å². The predicted octanol–water partition coefficient (Wildman–Crippen LogP) is 5.42. The fourth-order valence-electron chi connectivity index (χ4n) is 6.58. The van der Waals surface area contributed by atoms with Crippen LogP contribution in [0.25, 0.3) is 0 Å². The molecule has 1 saturated carbocycles. The lowest BCUT2D eigenvalue weighted by atomic mass is 9.68. The topological polar surface area (TPSA) is 86.8 Å². The van der Waals surface area contributed by atoms with Crippen LogP contribution in [0.3, 0.4) is 0 Å². The molecule has 1 N–H and O–H groups in total. The van der Waals surface area contributed by atoms with Crippen LogP contribution in [0.5, 0.6) is 0 Å². The molecule has 11 heteroatoms. The standard InChI is InChI=1S/C31H30ClF2N3O4S/c1-19(38)36-14-12-31(13-15-36)26-16-21(30(39)35-18-22-4-6-24(34)17-27(22)32)5-11-28(26)37(29(31)20-2-3-20)42(40,41)25-9-7-23(33)8-10-25/h4-11,16-17,20,29H,2-3,12-15,18H2,1H3,(H,35,39). The van der Waals surface area contributed by atoms with Crippen LogP contribution in [0.2, 0.25) is 5.02 Å². The summed E-state index contributed by atoms with van der Waals surface area (Å²) in [6.07, 6.45) is 2.84. The molecule has 42 heavy (non-hydrogen) atoms. The Hall–Kier alpha value is -3.50. The Balaban J connectivity index is 1.41. The van der Waals surface area contributed by atoms with E-state index in [1.807, 2.05) is 0 Å². The number of benzene rings is 3. The SMILES string of the molecule is CC(=O)N1CCC2(CC1)c1cc(C(=O)NCc3ccc(F)cc3Cl)ccc1N(S(=O)(=O)c1ccc(F)cc1)C2C1CC1. The van der Waals surface area contributed by atoms with Crippen molar-refractivity contribution >= 4 is 39.1 Å². The van der Waals surface area contributed by atoms with Gasteiger partial charge in [-0.3, -0.25) is 13.9 Å². The van der Waals surface area contributed by atoms with Gasteiger partial charge < -0.3 is 10.2 Å². The van der Waals surface area contributed by atoms with Crippen molar-refractivity contribution in [1.29, 1.82) is 0 Å². The van der Waals surface area contributed by atoms with Crippen LogP contribution in [0.4, 0.5) is 14.5 Å². The van der Waals surface area contributed by atoms with Gasteiger partial charge in [0.1, 0.15) is 11.6 Å². The summed E-state index contributed by atoms with van der Waals surface area (Å²) in [6, 6.07) is 13.5. The van der Waals surface area contributed by atoms with E-state index in [0.29, 0.717) is 42.7 Å². The minimum Gasteiger partial charge on any atom is -0.348 e. The number of piperidine rings is 1. The quantitative estimate of drug-likeness (QED) is 0.403. The minimum atomic E-state index is -4.08. The molecule has 2 heterocycles. The fraction of sp³-hybridized carbons (Fsp3) is 0.355. The van der Waals surface area contributed by atoms with Crippen molar-refractivity contribution in [2.24, 2.45) is 5.92 Å². The van der Waals surface area contributed by atoms with Crippen molar-refractivity contribution in [3.05, 3.63) is 94.0 Å². The van der Waals surface area contributed by atoms with E-state index in [0.717, 1.165) is 30.5 Å². The second-order valence-electron chi connectivity index (χ2n) is 11.3. The van der Waals surface area contributed by atoms with Gasteiger partial charge in [0.25, 0.3) is 15.9 Å². The van der Waals surface area contributed by atoms with Gasteiger partial charge in [0.05, 0.1) is 16.6 Å². The van der Waals surface area contributed by atoms with Crippen molar-refractivity contribution in [3.63, 3.8) is 0 Å². The number of anilines is 1. The lowest BCUT2D eigenvalue weighted by Crippen LogP contribution is -2.54.